The summed E-state index contributed by atoms with van der Waals surface area (Å²) in [5.74, 6) is -0.549. The Balaban J connectivity index is 1.49. The molecule has 0 radical (unpaired) electrons. The number of aromatic amines is 1. The number of H-pyrrole nitrogens is 1. The smallest absolute Gasteiger partial charge is 0.417 e. The lowest BCUT2D eigenvalue weighted by Gasteiger charge is -2.16. The van der Waals surface area contributed by atoms with Gasteiger partial charge in [0.1, 0.15) is 5.75 Å². The highest BCUT2D eigenvalue weighted by atomic mass is 32.2. The molecule has 0 aliphatic rings. The van der Waals surface area contributed by atoms with Crippen molar-refractivity contribution >= 4 is 53.7 Å². The van der Waals surface area contributed by atoms with Gasteiger partial charge in [-0.05, 0) is 30.3 Å². The molecular formula is C18H16N4O6S2. The topological polar surface area (TPSA) is 135 Å². The minimum Gasteiger partial charge on any atom is -0.497 e. The lowest BCUT2D eigenvalue weighted by atomic mass is 10.3. The number of hydrogen-bond acceptors (Lipinski definition) is 8. The molecule has 30 heavy (non-hydrogen) atoms. The average Bonchev–Trinajstić information content (AvgIpc) is 3.27. The lowest BCUT2D eigenvalue weighted by molar-refractivity contribution is -0.116. The minimum atomic E-state index is -3.98. The molecule has 0 saturated carbocycles. The zero-order chi connectivity index (χ0) is 21.5. The molecule has 0 saturated heterocycles. The first-order valence-corrected chi connectivity index (χ1v) is 10.9. The largest absolute Gasteiger partial charge is 0.497 e. The zero-order valence-electron chi connectivity index (χ0n) is 15.8. The van der Waals surface area contributed by atoms with Crippen LogP contribution in [0.5, 0.6) is 5.75 Å². The summed E-state index contributed by atoms with van der Waals surface area (Å²) in [5.41, 5.74) is 1.19. The molecule has 2 aromatic heterocycles. The first-order valence-electron chi connectivity index (χ1n) is 8.60. The Morgan fingerprint density at radius 1 is 1.30 bits per heavy atom. The number of aromatic nitrogens is 2. The van der Waals surface area contributed by atoms with Gasteiger partial charge in [0.05, 0.1) is 34.3 Å². The van der Waals surface area contributed by atoms with Gasteiger partial charge in [0.15, 0.2) is 10.7 Å². The number of thiazole rings is 1. The van der Waals surface area contributed by atoms with Crippen molar-refractivity contribution in [2.24, 2.45) is 0 Å². The summed E-state index contributed by atoms with van der Waals surface area (Å²) < 4.78 is 37.3. The monoisotopic (exact) mass is 448 g/mol. The maximum atomic E-state index is 12.8. The molecular weight excluding hydrogens is 432 g/mol. The van der Waals surface area contributed by atoms with E-state index in [9.17, 15) is 18.0 Å². The van der Waals surface area contributed by atoms with E-state index in [0.29, 0.717) is 21.9 Å². The number of hydrogen-bond donors (Lipinski definition) is 2. The van der Waals surface area contributed by atoms with Gasteiger partial charge >= 0.3 is 5.76 Å². The van der Waals surface area contributed by atoms with E-state index in [1.165, 1.54) is 36.6 Å². The summed E-state index contributed by atoms with van der Waals surface area (Å²) in [6.45, 7) is -0.420. The molecule has 4 rings (SSSR count). The van der Waals surface area contributed by atoms with Crippen LogP contribution >= 0.6 is 11.3 Å². The molecule has 0 aliphatic carbocycles. The number of methoxy groups -OCH3 is 1. The van der Waals surface area contributed by atoms with Gasteiger partial charge < -0.3 is 14.5 Å². The normalized spacial score (nSPS) is 12.0. The number of amides is 1. The molecule has 0 aliphatic heterocycles. The fourth-order valence-corrected chi connectivity index (χ4v) is 4.85. The van der Waals surface area contributed by atoms with Crippen LogP contribution in [-0.4, -0.2) is 49.3 Å². The highest BCUT2D eigenvalue weighted by Crippen LogP contribution is 2.29. The van der Waals surface area contributed by atoms with Crippen LogP contribution in [0.15, 0.2) is 50.5 Å². The molecule has 2 heterocycles. The van der Waals surface area contributed by atoms with Crippen LogP contribution in [0.1, 0.15) is 0 Å². The van der Waals surface area contributed by atoms with Crippen molar-refractivity contribution in [2.75, 3.05) is 26.0 Å². The molecule has 0 bridgehead atoms. The number of nitrogens with zero attached hydrogens (tertiary/aromatic N) is 2. The molecule has 10 nitrogen and oxygen atoms in total. The molecule has 1 amide bonds. The highest BCUT2D eigenvalue weighted by Gasteiger charge is 2.24. The third-order valence-electron chi connectivity index (χ3n) is 4.31. The fourth-order valence-electron chi connectivity index (χ4n) is 2.80. The van der Waals surface area contributed by atoms with Crippen LogP contribution in [-0.2, 0) is 14.8 Å². The number of oxazole rings is 1. The first kappa shape index (κ1) is 20.1. The summed E-state index contributed by atoms with van der Waals surface area (Å²) in [6, 6.07) is 9.32. The van der Waals surface area contributed by atoms with Gasteiger partial charge in [0, 0.05) is 13.1 Å². The predicted octanol–water partition coefficient (Wildman–Crippen LogP) is 2.00. The van der Waals surface area contributed by atoms with Crippen LogP contribution in [0.2, 0.25) is 0 Å². The third kappa shape index (κ3) is 3.79. The molecule has 0 spiro atoms. The van der Waals surface area contributed by atoms with E-state index >= 15 is 0 Å². The number of fused-ring (bicyclic) bond motifs is 2. The molecule has 2 N–H and O–H groups in total. The summed E-state index contributed by atoms with van der Waals surface area (Å²) in [7, 11) is -1.13. The van der Waals surface area contributed by atoms with Gasteiger partial charge in [-0.2, -0.15) is 4.31 Å². The van der Waals surface area contributed by atoms with Crippen molar-refractivity contribution in [1.29, 1.82) is 0 Å². The Morgan fingerprint density at radius 3 is 2.87 bits per heavy atom. The Hall–Kier alpha value is -3.22. The van der Waals surface area contributed by atoms with Crippen molar-refractivity contribution in [3.63, 3.8) is 0 Å². The van der Waals surface area contributed by atoms with E-state index in [-0.39, 0.29) is 10.5 Å². The van der Waals surface area contributed by atoms with Gasteiger partial charge in [-0.1, -0.05) is 11.3 Å². The Kier molecular flexibility index (Phi) is 5.05. The summed E-state index contributed by atoms with van der Waals surface area (Å²) >= 11 is 1.25. The van der Waals surface area contributed by atoms with E-state index in [2.05, 4.69) is 15.3 Å². The summed E-state index contributed by atoms with van der Waals surface area (Å²) in [6.07, 6.45) is 0. The number of carbonyl (C=O) groups excluding carboxylic acids is 1. The maximum Gasteiger partial charge on any atom is 0.417 e. The summed E-state index contributed by atoms with van der Waals surface area (Å²) in [5, 5.41) is 2.96. The molecule has 0 atom stereocenters. The molecule has 0 fully saturated rings. The second kappa shape index (κ2) is 7.55. The van der Waals surface area contributed by atoms with Gasteiger partial charge in [-0.25, -0.2) is 18.2 Å². The quantitative estimate of drug-likeness (QED) is 0.461. The number of nitrogens with one attached hydrogen (secondary N) is 2. The fraction of sp³-hybridized carbons (Fsp3) is 0.167. The molecule has 0 unspecified atom stereocenters. The molecule has 12 heteroatoms. The van der Waals surface area contributed by atoms with E-state index in [1.807, 2.05) is 0 Å². The van der Waals surface area contributed by atoms with Crippen molar-refractivity contribution < 1.29 is 22.4 Å². The van der Waals surface area contributed by atoms with Crippen molar-refractivity contribution in [2.45, 2.75) is 4.90 Å². The number of likely N-dealkylation sites (N-methyl/N-ethyl adjacent to an activating group) is 1. The molecule has 4 aromatic rings. The predicted molar refractivity (Wildman–Crippen MR) is 111 cm³/mol. The second-order valence-corrected chi connectivity index (χ2v) is 9.41. The average molecular weight is 448 g/mol. The van der Waals surface area contributed by atoms with Gasteiger partial charge in [-0.3, -0.25) is 9.78 Å². The standard InChI is InChI=1S/C18H16N4O6S2/c1-22(30(25,26)11-4-6-12-14(8-11)28-18(24)20-12)9-16(23)21-17-19-13-5-3-10(27-2)7-15(13)29-17/h3-8H,9H2,1-2H3,(H,20,24)(H,19,21,23). The highest BCUT2D eigenvalue weighted by molar-refractivity contribution is 7.89. The van der Waals surface area contributed by atoms with Crippen LogP contribution in [0.3, 0.4) is 0 Å². The molecule has 2 aromatic carbocycles. The first-order chi connectivity index (χ1) is 14.3. The second-order valence-electron chi connectivity index (χ2n) is 6.33. The summed E-state index contributed by atoms with van der Waals surface area (Å²) in [4.78, 5) is 30.3. The number of rotatable bonds is 6. The van der Waals surface area contributed by atoms with Crippen molar-refractivity contribution in [3.8, 4) is 5.75 Å². The number of benzene rings is 2. The lowest BCUT2D eigenvalue weighted by Crippen LogP contribution is -2.34. The number of carbonyl (C=O) groups is 1. The number of sulfonamides is 1. The van der Waals surface area contributed by atoms with Gasteiger partial charge in [0.2, 0.25) is 15.9 Å². The van der Waals surface area contributed by atoms with Crippen LogP contribution in [0.25, 0.3) is 21.3 Å². The number of anilines is 1. The molecule has 156 valence electrons. The Labute approximate surface area is 174 Å². The van der Waals surface area contributed by atoms with Crippen molar-refractivity contribution in [3.05, 3.63) is 46.9 Å². The van der Waals surface area contributed by atoms with E-state index in [0.717, 1.165) is 9.01 Å². The minimum absolute atomic E-state index is 0.0971. The Morgan fingerprint density at radius 2 is 2.10 bits per heavy atom. The SMILES string of the molecule is COc1ccc2nc(NC(=O)CN(C)S(=O)(=O)c3ccc4[nH]c(=O)oc4c3)sc2c1. The maximum absolute atomic E-state index is 12.8. The number of ether oxygens (including phenoxy) is 1. The van der Waals surface area contributed by atoms with Crippen molar-refractivity contribution in [1.82, 2.24) is 14.3 Å². The van der Waals surface area contributed by atoms with Gasteiger partial charge in [0.25, 0.3) is 0 Å². The zero-order valence-corrected chi connectivity index (χ0v) is 17.5. The van der Waals surface area contributed by atoms with E-state index in [1.54, 1.807) is 25.3 Å². The van der Waals surface area contributed by atoms with Crippen LogP contribution in [0.4, 0.5) is 5.13 Å². The van der Waals surface area contributed by atoms with Crippen LogP contribution in [0, 0.1) is 0 Å². The third-order valence-corrected chi connectivity index (χ3v) is 7.04. The van der Waals surface area contributed by atoms with Crippen LogP contribution < -0.4 is 15.8 Å². The van der Waals surface area contributed by atoms with E-state index < -0.39 is 28.2 Å². The van der Waals surface area contributed by atoms with Gasteiger partial charge in [-0.15, -0.1) is 0 Å². The Bertz CT molecular complexity index is 1420. The van der Waals surface area contributed by atoms with E-state index in [4.69, 9.17) is 9.15 Å².